The van der Waals surface area contributed by atoms with E-state index in [9.17, 15) is 19.1 Å². The summed E-state index contributed by atoms with van der Waals surface area (Å²) in [5.74, 6) is -0.954. The second kappa shape index (κ2) is 7.25. The Balaban J connectivity index is 1.74. The van der Waals surface area contributed by atoms with E-state index in [1.54, 1.807) is 0 Å². The number of hydrogen-bond acceptors (Lipinski definition) is 4. The monoisotopic (exact) mass is 357 g/mol. The van der Waals surface area contributed by atoms with E-state index in [0.717, 1.165) is 10.5 Å². The topological polar surface area (TPSA) is 66.8 Å². The lowest BCUT2D eigenvalue weighted by molar-refractivity contribution is -0.134. The van der Waals surface area contributed by atoms with E-state index in [4.69, 9.17) is 4.74 Å². The van der Waals surface area contributed by atoms with Crippen molar-refractivity contribution in [1.82, 2.24) is 4.90 Å². The summed E-state index contributed by atoms with van der Waals surface area (Å²) >= 11 is 0. The van der Waals surface area contributed by atoms with Crippen LogP contribution in [0.3, 0.4) is 0 Å². The van der Waals surface area contributed by atoms with Crippen LogP contribution in [-0.4, -0.2) is 34.7 Å². The van der Waals surface area contributed by atoms with E-state index in [1.165, 1.54) is 31.2 Å². The van der Waals surface area contributed by atoms with Crippen LogP contribution in [0.1, 0.15) is 24.5 Å². The molecule has 0 saturated carbocycles. The van der Waals surface area contributed by atoms with Gasteiger partial charge in [0.1, 0.15) is 12.4 Å². The van der Waals surface area contributed by atoms with Gasteiger partial charge in [-0.15, -0.1) is 0 Å². The Hall–Kier alpha value is -2.73. The number of halogens is 1. The molecule has 1 aliphatic heterocycles. The average molecular weight is 357 g/mol. The zero-order chi connectivity index (χ0) is 18.7. The number of rotatable bonds is 5. The summed E-state index contributed by atoms with van der Waals surface area (Å²) < 4.78 is 18.1. The highest BCUT2D eigenvalue weighted by Crippen LogP contribution is 2.28. The Kier molecular flexibility index (Phi) is 5.04. The Bertz CT molecular complexity index is 789. The van der Waals surface area contributed by atoms with Gasteiger partial charge in [0.2, 0.25) is 5.91 Å². The lowest BCUT2D eigenvalue weighted by atomic mass is 9.91. The molecule has 0 bridgehead atoms. The maximum atomic E-state index is 13.1. The van der Waals surface area contributed by atoms with E-state index in [2.05, 4.69) is 0 Å². The molecule has 2 amide bonds. The fraction of sp³-hybridized carbons (Fsp3) is 0.300. The lowest BCUT2D eigenvalue weighted by Crippen LogP contribution is -2.43. The number of benzene rings is 2. The number of ether oxygens (including phenoxy) is 1. The maximum Gasteiger partial charge on any atom is 0.416 e. The highest BCUT2D eigenvalue weighted by atomic mass is 19.1. The number of cyclic esters (lactones) is 1. The van der Waals surface area contributed by atoms with Crippen molar-refractivity contribution in [2.75, 3.05) is 6.61 Å². The second-order valence-corrected chi connectivity index (χ2v) is 6.64. The van der Waals surface area contributed by atoms with Crippen molar-refractivity contribution in [3.05, 3.63) is 71.5 Å². The molecule has 1 heterocycles. The normalized spacial score (nSPS) is 19.1. The van der Waals surface area contributed by atoms with Crippen LogP contribution in [0.15, 0.2) is 54.6 Å². The largest absolute Gasteiger partial charge is 0.447 e. The van der Waals surface area contributed by atoms with Crippen molar-refractivity contribution in [2.24, 2.45) is 0 Å². The van der Waals surface area contributed by atoms with E-state index < -0.39 is 29.5 Å². The molecule has 1 N–H and O–H groups in total. The van der Waals surface area contributed by atoms with Crippen molar-refractivity contribution in [3.63, 3.8) is 0 Å². The first kappa shape index (κ1) is 18.1. The summed E-state index contributed by atoms with van der Waals surface area (Å²) in [7, 11) is 0. The third kappa shape index (κ3) is 3.91. The van der Waals surface area contributed by atoms with E-state index in [0.29, 0.717) is 12.0 Å². The summed E-state index contributed by atoms with van der Waals surface area (Å²) in [6, 6.07) is 14.4. The molecule has 6 heteroatoms. The minimum atomic E-state index is -1.52. The molecule has 0 spiro atoms. The van der Waals surface area contributed by atoms with E-state index >= 15 is 0 Å². The third-order valence-corrected chi connectivity index (χ3v) is 4.51. The van der Waals surface area contributed by atoms with Crippen molar-refractivity contribution < 1.29 is 23.8 Å². The van der Waals surface area contributed by atoms with Crippen molar-refractivity contribution in [3.8, 4) is 0 Å². The number of hydrogen-bond donors (Lipinski definition) is 1. The van der Waals surface area contributed by atoms with E-state index in [-0.39, 0.29) is 13.0 Å². The fourth-order valence-electron chi connectivity index (χ4n) is 3.09. The third-order valence-electron chi connectivity index (χ3n) is 4.51. The molecule has 2 unspecified atom stereocenters. The first-order valence-electron chi connectivity index (χ1n) is 8.38. The summed E-state index contributed by atoms with van der Waals surface area (Å²) in [4.78, 5) is 25.8. The number of aliphatic hydroxyl groups is 1. The van der Waals surface area contributed by atoms with Gasteiger partial charge in [0.05, 0.1) is 18.1 Å². The molecule has 2 aromatic carbocycles. The Morgan fingerprint density at radius 2 is 1.88 bits per heavy atom. The van der Waals surface area contributed by atoms with Crippen LogP contribution in [0.5, 0.6) is 0 Å². The van der Waals surface area contributed by atoms with Gasteiger partial charge in [0, 0.05) is 0 Å². The molecule has 2 aromatic rings. The summed E-state index contributed by atoms with van der Waals surface area (Å²) in [6.45, 7) is 1.59. The number of carbonyl (C=O) groups is 2. The first-order valence-corrected chi connectivity index (χ1v) is 8.38. The molecular formula is C20H20FNO4. The number of imide groups is 1. The lowest BCUT2D eigenvalue weighted by Gasteiger charge is -2.27. The van der Waals surface area contributed by atoms with Gasteiger partial charge in [-0.05, 0) is 36.6 Å². The van der Waals surface area contributed by atoms with Crippen LogP contribution < -0.4 is 0 Å². The first-order chi connectivity index (χ1) is 12.4. The Morgan fingerprint density at radius 1 is 1.23 bits per heavy atom. The maximum absolute atomic E-state index is 13.1. The zero-order valence-corrected chi connectivity index (χ0v) is 14.4. The molecule has 1 saturated heterocycles. The number of carbonyl (C=O) groups excluding carboxylic acids is 2. The van der Waals surface area contributed by atoms with Gasteiger partial charge >= 0.3 is 6.09 Å². The van der Waals surface area contributed by atoms with Gasteiger partial charge in [0.25, 0.3) is 0 Å². The van der Waals surface area contributed by atoms with Crippen molar-refractivity contribution >= 4 is 12.0 Å². The van der Waals surface area contributed by atoms with Gasteiger partial charge in [-0.25, -0.2) is 14.1 Å². The Morgan fingerprint density at radius 3 is 2.54 bits per heavy atom. The average Bonchev–Trinajstić information content (AvgIpc) is 2.96. The van der Waals surface area contributed by atoms with Crippen LogP contribution in [0.2, 0.25) is 0 Å². The van der Waals surface area contributed by atoms with Gasteiger partial charge in [-0.1, -0.05) is 42.5 Å². The summed E-state index contributed by atoms with van der Waals surface area (Å²) in [5.41, 5.74) is -0.136. The van der Waals surface area contributed by atoms with Crippen LogP contribution >= 0.6 is 0 Å². The molecule has 1 fully saturated rings. The quantitative estimate of drug-likeness (QED) is 0.893. The highest BCUT2D eigenvalue weighted by Gasteiger charge is 2.40. The Labute approximate surface area is 151 Å². The van der Waals surface area contributed by atoms with Crippen LogP contribution in [0.4, 0.5) is 9.18 Å². The smallest absolute Gasteiger partial charge is 0.416 e. The predicted octanol–water partition coefficient (Wildman–Crippen LogP) is 3.01. The van der Waals surface area contributed by atoms with Gasteiger partial charge in [-0.3, -0.25) is 4.79 Å². The second-order valence-electron chi connectivity index (χ2n) is 6.64. The number of nitrogens with zero attached hydrogens (tertiary/aromatic N) is 1. The van der Waals surface area contributed by atoms with Crippen LogP contribution in [0.25, 0.3) is 0 Å². The summed E-state index contributed by atoms with van der Waals surface area (Å²) in [5, 5.41) is 10.6. The molecule has 0 aliphatic carbocycles. The van der Waals surface area contributed by atoms with Crippen molar-refractivity contribution in [2.45, 2.75) is 31.4 Å². The molecule has 136 valence electrons. The molecule has 1 aliphatic rings. The van der Waals surface area contributed by atoms with Crippen LogP contribution in [0, 0.1) is 5.82 Å². The molecule has 5 nitrogen and oxygen atoms in total. The van der Waals surface area contributed by atoms with Crippen LogP contribution in [-0.2, 0) is 21.6 Å². The zero-order valence-electron chi connectivity index (χ0n) is 14.4. The van der Waals surface area contributed by atoms with Crippen molar-refractivity contribution in [1.29, 1.82) is 0 Å². The summed E-state index contributed by atoms with van der Waals surface area (Å²) in [6.07, 6.45) is -0.526. The number of amides is 2. The molecular weight excluding hydrogens is 337 g/mol. The predicted molar refractivity (Wildman–Crippen MR) is 92.7 cm³/mol. The minimum absolute atomic E-state index is 0.123. The SMILES string of the molecule is CC(O)(CC(=O)N1C(=O)OCC1Cc1ccccc1)c1ccc(F)cc1. The van der Waals surface area contributed by atoms with Gasteiger partial charge < -0.3 is 9.84 Å². The molecule has 2 atom stereocenters. The minimum Gasteiger partial charge on any atom is -0.447 e. The van der Waals surface area contributed by atoms with Gasteiger partial charge in [-0.2, -0.15) is 0 Å². The highest BCUT2D eigenvalue weighted by molar-refractivity contribution is 5.94. The molecule has 26 heavy (non-hydrogen) atoms. The molecule has 0 radical (unpaired) electrons. The molecule has 0 aromatic heterocycles. The van der Waals surface area contributed by atoms with Gasteiger partial charge in [0.15, 0.2) is 0 Å². The standard InChI is InChI=1S/C20H20FNO4/c1-20(25,15-7-9-16(21)10-8-15)12-18(23)22-17(13-26-19(22)24)11-14-5-3-2-4-6-14/h2-10,17,25H,11-13H2,1H3. The fourth-order valence-corrected chi connectivity index (χ4v) is 3.09. The molecule has 3 rings (SSSR count). The van der Waals surface area contributed by atoms with E-state index in [1.807, 2.05) is 30.3 Å².